The molecule has 1 aromatic heterocycles. The van der Waals surface area contributed by atoms with Gasteiger partial charge in [-0.05, 0) is 42.0 Å². The van der Waals surface area contributed by atoms with Crippen LogP contribution in [0.4, 0.5) is 0 Å². The number of rotatable bonds is 3. The molecular formula is C14H16N2S. The molecular weight excluding hydrogens is 228 g/mol. The van der Waals surface area contributed by atoms with Gasteiger partial charge in [0.15, 0.2) is 0 Å². The molecule has 0 amide bonds. The highest BCUT2D eigenvalue weighted by molar-refractivity contribution is 7.98. The van der Waals surface area contributed by atoms with Crippen LogP contribution in [-0.2, 0) is 0 Å². The molecule has 0 aliphatic carbocycles. The van der Waals surface area contributed by atoms with E-state index in [-0.39, 0.29) is 6.04 Å². The summed E-state index contributed by atoms with van der Waals surface area (Å²) in [5.41, 5.74) is 9.55. The minimum absolute atomic E-state index is 0.0988. The van der Waals surface area contributed by atoms with Crippen LogP contribution in [0.2, 0.25) is 0 Å². The third-order valence-electron chi connectivity index (χ3n) is 2.73. The first-order valence-corrected chi connectivity index (χ1v) is 6.74. The topological polar surface area (TPSA) is 38.9 Å². The third kappa shape index (κ3) is 2.87. The number of benzene rings is 1. The van der Waals surface area contributed by atoms with Gasteiger partial charge in [0.05, 0.1) is 6.04 Å². The first kappa shape index (κ1) is 12.1. The van der Waals surface area contributed by atoms with Crippen LogP contribution in [0.5, 0.6) is 0 Å². The van der Waals surface area contributed by atoms with Gasteiger partial charge in [0.2, 0.25) is 0 Å². The molecule has 2 aromatic rings. The van der Waals surface area contributed by atoms with Gasteiger partial charge in [-0.15, -0.1) is 11.8 Å². The molecule has 1 aromatic carbocycles. The SMILES string of the molecule is CSc1ccc(C(N)c2cncc(C)c2)cc1. The van der Waals surface area contributed by atoms with E-state index in [1.165, 1.54) is 4.90 Å². The maximum Gasteiger partial charge on any atom is 0.0567 e. The van der Waals surface area contributed by atoms with E-state index in [1.807, 2.05) is 19.3 Å². The highest BCUT2D eigenvalue weighted by atomic mass is 32.2. The summed E-state index contributed by atoms with van der Waals surface area (Å²) in [6.07, 6.45) is 5.74. The Morgan fingerprint density at radius 1 is 1.12 bits per heavy atom. The van der Waals surface area contributed by atoms with Gasteiger partial charge in [0, 0.05) is 17.3 Å². The van der Waals surface area contributed by atoms with Crippen molar-refractivity contribution in [3.63, 3.8) is 0 Å². The molecule has 2 N–H and O–H groups in total. The lowest BCUT2D eigenvalue weighted by Crippen LogP contribution is -2.12. The van der Waals surface area contributed by atoms with Gasteiger partial charge in [-0.2, -0.15) is 0 Å². The molecule has 1 unspecified atom stereocenters. The fourth-order valence-electron chi connectivity index (χ4n) is 1.75. The average molecular weight is 244 g/mol. The number of hydrogen-bond acceptors (Lipinski definition) is 3. The molecule has 0 saturated heterocycles. The Bertz CT molecular complexity index is 494. The first-order valence-electron chi connectivity index (χ1n) is 5.52. The molecule has 0 aliphatic heterocycles. The molecule has 2 rings (SSSR count). The third-order valence-corrected chi connectivity index (χ3v) is 3.47. The summed E-state index contributed by atoms with van der Waals surface area (Å²) in [6.45, 7) is 2.03. The second-order valence-electron chi connectivity index (χ2n) is 4.05. The minimum Gasteiger partial charge on any atom is -0.320 e. The Morgan fingerprint density at radius 3 is 2.41 bits per heavy atom. The largest absolute Gasteiger partial charge is 0.320 e. The fourth-order valence-corrected chi connectivity index (χ4v) is 2.16. The van der Waals surface area contributed by atoms with Gasteiger partial charge in [-0.3, -0.25) is 4.98 Å². The number of thioether (sulfide) groups is 1. The van der Waals surface area contributed by atoms with Crippen LogP contribution in [0, 0.1) is 6.92 Å². The van der Waals surface area contributed by atoms with Crippen molar-refractivity contribution in [1.29, 1.82) is 0 Å². The number of pyridine rings is 1. The van der Waals surface area contributed by atoms with Crippen molar-refractivity contribution in [3.8, 4) is 0 Å². The summed E-state index contributed by atoms with van der Waals surface area (Å²) in [6, 6.07) is 10.3. The molecule has 0 spiro atoms. The number of aryl methyl sites for hydroxylation is 1. The summed E-state index contributed by atoms with van der Waals surface area (Å²) in [7, 11) is 0. The highest BCUT2D eigenvalue weighted by Gasteiger charge is 2.09. The number of nitrogens with zero attached hydrogens (tertiary/aromatic N) is 1. The van der Waals surface area contributed by atoms with Crippen molar-refractivity contribution in [1.82, 2.24) is 4.98 Å². The minimum atomic E-state index is -0.0988. The molecule has 1 heterocycles. The average Bonchev–Trinajstić information content (AvgIpc) is 2.38. The van der Waals surface area contributed by atoms with E-state index in [0.29, 0.717) is 0 Å². The Hall–Kier alpha value is -1.32. The van der Waals surface area contributed by atoms with E-state index in [1.54, 1.807) is 11.8 Å². The quantitative estimate of drug-likeness (QED) is 0.843. The molecule has 0 radical (unpaired) electrons. The van der Waals surface area contributed by atoms with Crippen LogP contribution in [0.25, 0.3) is 0 Å². The van der Waals surface area contributed by atoms with Gasteiger partial charge in [-0.1, -0.05) is 18.2 Å². The molecule has 17 heavy (non-hydrogen) atoms. The zero-order valence-corrected chi connectivity index (χ0v) is 10.9. The fraction of sp³-hybridized carbons (Fsp3) is 0.214. The molecule has 3 heteroatoms. The predicted octanol–water partition coefficient (Wildman–Crippen LogP) is 3.16. The molecule has 2 nitrogen and oxygen atoms in total. The van der Waals surface area contributed by atoms with Crippen molar-refractivity contribution in [3.05, 3.63) is 59.4 Å². The highest BCUT2D eigenvalue weighted by Crippen LogP contribution is 2.22. The molecule has 0 fully saturated rings. The Balaban J connectivity index is 2.27. The number of aromatic nitrogens is 1. The summed E-state index contributed by atoms with van der Waals surface area (Å²) >= 11 is 1.73. The maximum atomic E-state index is 6.23. The van der Waals surface area contributed by atoms with Crippen LogP contribution in [0.1, 0.15) is 22.7 Å². The van der Waals surface area contributed by atoms with E-state index in [2.05, 4.69) is 41.6 Å². The Kier molecular flexibility index (Phi) is 3.82. The predicted molar refractivity (Wildman–Crippen MR) is 73.2 cm³/mol. The normalized spacial score (nSPS) is 12.4. The van der Waals surface area contributed by atoms with Crippen molar-refractivity contribution < 1.29 is 0 Å². The molecule has 0 saturated carbocycles. The Morgan fingerprint density at radius 2 is 1.82 bits per heavy atom. The van der Waals surface area contributed by atoms with E-state index in [4.69, 9.17) is 5.73 Å². The van der Waals surface area contributed by atoms with E-state index in [9.17, 15) is 0 Å². The number of hydrogen-bond donors (Lipinski definition) is 1. The smallest absolute Gasteiger partial charge is 0.0567 e. The summed E-state index contributed by atoms with van der Waals surface area (Å²) in [4.78, 5) is 5.43. The first-order chi connectivity index (χ1) is 8.20. The van der Waals surface area contributed by atoms with Gasteiger partial charge in [0.1, 0.15) is 0 Å². The van der Waals surface area contributed by atoms with E-state index < -0.39 is 0 Å². The zero-order valence-electron chi connectivity index (χ0n) is 10.1. The molecule has 88 valence electrons. The lowest BCUT2D eigenvalue weighted by atomic mass is 10.0. The second kappa shape index (κ2) is 5.34. The van der Waals surface area contributed by atoms with Gasteiger partial charge in [-0.25, -0.2) is 0 Å². The van der Waals surface area contributed by atoms with Crippen molar-refractivity contribution in [2.75, 3.05) is 6.26 Å². The van der Waals surface area contributed by atoms with Crippen molar-refractivity contribution >= 4 is 11.8 Å². The van der Waals surface area contributed by atoms with Crippen molar-refractivity contribution in [2.45, 2.75) is 17.9 Å². The Labute approximate surface area is 106 Å². The van der Waals surface area contributed by atoms with Gasteiger partial charge in [0.25, 0.3) is 0 Å². The lowest BCUT2D eigenvalue weighted by molar-refractivity contribution is 0.859. The maximum absolute atomic E-state index is 6.23. The van der Waals surface area contributed by atoms with Gasteiger partial charge >= 0.3 is 0 Å². The van der Waals surface area contributed by atoms with Crippen LogP contribution in [-0.4, -0.2) is 11.2 Å². The summed E-state index contributed by atoms with van der Waals surface area (Å²) in [5.74, 6) is 0. The van der Waals surface area contributed by atoms with Crippen LogP contribution in [0.15, 0.2) is 47.6 Å². The standard InChI is InChI=1S/C14H16N2S/c1-10-7-12(9-16-8-10)14(15)11-3-5-13(17-2)6-4-11/h3-9,14H,15H2,1-2H3. The number of nitrogens with two attached hydrogens (primary N) is 1. The molecule has 0 bridgehead atoms. The van der Waals surface area contributed by atoms with E-state index in [0.717, 1.165) is 16.7 Å². The molecule has 1 atom stereocenters. The second-order valence-corrected chi connectivity index (χ2v) is 4.93. The van der Waals surface area contributed by atoms with Crippen LogP contribution < -0.4 is 5.73 Å². The van der Waals surface area contributed by atoms with Gasteiger partial charge < -0.3 is 5.73 Å². The molecule has 0 aliphatic rings. The van der Waals surface area contributed by atoms with E-state index >= 15 is 0 Å². The monoisotopic (exact) mass is 244 g/mol. The van der Waals surface area contributed by atoms with Crippen LogP contribution in [0.3, 0.4) is 0 Å². The van der Waals surface area contributed by atoms with Crippen molar-refractivity contribution in [2.24, 2.45) is 5.73 Å². The zero-order chi connectivity index (χ0) is 12.3. The summed E-state index contributed by atoms with van der Waals surface area (Å²) < 4.78 is 0. The van der Waals surface area contributed by atoms with Crippen LogP contribution >= 0.6 is 11.8 Å². The lowest BCUT2D eigenvalue weighted by Gasteiger charge is -2.13. The summed E-state index contributed by atoms with van der Waals surface area (Å²) in [5, 5.41) is 0.